The highest BCUT2D eigenvalue weighted by Crippen LogP contribution is 2.62. The van der Waals surface area contributed by atoms with Crippen molar-refractivity contribution in [3.63, 3.8) is 0 Å². The third kappa shape index (κ3) is 4.25. The summed E-state index contributed by atoms with van der Waals surface area (Å²) >= 11 is 0. The number of aliphatic hydroxyl groups excluding tert-OH is 2. The van der Waals surface area contributed by atoms with Crippen molar-refractivity contribution >= 4 is 5.97 Å². The van der Waals surface area contributed by atoms with Crippen molar-refractivity contribution in [1.82, 2.24) is 0 Å². The molecule has 5 atom stereocenters. The maximum atomic E-state index is 10.8. The van der Waals surface area contributed by atoms with Gasteiger partial charge < -0.3 is 15.3 Å². The lowest BCUT2D eigenvalue weighted by Gasteiger charge is -2.58. The zero-order valence-electron chi connectivity index (χ0n) is 16.5. The normalized spacial score (nSPS) is 36.3. The summed E-state index contributed by atoms with van der Waals surface area (Å²) in [7, 11) is 0. The summed E-state index contributed by atoms with van der Waals surface area (Å²) in [5.74, 6) is 6.17. The Morgan fingerprint density at radius 2 is 2.04 bits per heavy atom. The maximum Gasteiger partial charge on any atom is 0.303 e. The Morgan fingerprint density at radius 3 is 2.70 bits per heavy atom. The lowest BCUT2D eigenvalue weighted by atomic mass is 9.46. The first kappa shape index (κ1) is 20.4. The Morgan fingerprint density at radius 1 is 1.30 bits per heavy atom. The van der Waals surface area contributed by atoms with E-state index in [1.54, 1.807) is 0 Å². The van der Waals surface area contributed by atoms with Gasteiger partial charge in [0.25, 0.3) is 0 Å². The van der Waals surface area contributed by atoms with Crippen LogP contribution < -0.4 is 0 Å². The highest BCUT2D eigenvalue weighted by Gasteiger charge is 2.56. The summed E-state index contributed by atoms with van der Waals surface area (Å²) in [4.78, 5) is 10.8. The number of carbonyl (C=O) groups is 1. The molecule has 3 rings (SSSR count). The van der Waals surface area contributed by atoms with E-state index < -0.39 is 18.2 Å². The highest BCUT2D eigenvalue weighted by molar-refractivity contribution is 5.66. The minimum Gasteiger partial charge on any atom is -0.481 e. The van der Waals surface area contributed by atoms with Gasteiger partial charge in [-0.1, -0.05) is 49.7 Å². The number of fused-ring (bicyclic) bond motifs is 1. The van der Waals surface area contributed by atoms with Crippen molar-refractivity contribution in [1.29, 1.82) is 0 Å². The van der Waals surface area contributed by atoms with E-state index in [0.717, 1.165) is 38.5 Å². The van der Waals surface area contributed by atoms with Gasteiger partial charge in [0, 0.05) is 6.42 Å². The summed E-state index contributed by atoms with van der Waals surface area (Å²) in [5.41, 5.74) is 1.44. The van der Waals surface area contributed by atoms with Gasteiger partial charge in [0.15, 0.2) is 0 Å². The van der Waals surface area contributed by atoms with Crippen LogP contribution in [0.1, 0.15) is 77.6 Å². The smallest absolute Gasteiger partial charge is 0.303 e. The van der Waals surface area contributed by atoms with Crippen molar-refractivity contribution in [2.24, 2.45) is 23.2 Å². The van der Waals surface area contributed by atoms with Crippen LogP contribution in [0, 0.1) is 35.0 Å². The van der Waals surface area contributed by atoms with Crippen molar-refractivity contribution in [3.8, 4) is 11.8 Å². The standard InChI is InChI=1S/C23H34O4/c1-2-23-14-13-21(25)18(11-12-20(24)16-7-4-3-5-8-16)19(23)15-17(23)9-6-10-22(26)27/h9,16,18-21,24-25H,2-8,10,13-15H2,1H3,(H,26,27)/b17-9-. The molecule has 4 heteroatoms. The number of carboxylic acid groups (broad SMARTS) is 1. The van der Waals surface area contributed by atoms with Crippen molar-refractivity contribution in [3.05, 3.63) is 11.6 Å². The Balaban J connectivity index is 1.70. The number of rotatable bonds is 5. The predicted octanol–water partition coefficient (Wildman–Crippen LogP) is 3.91. The van der Waals surface area contributed by atoms with Crippen LogP contribution in [0.15, 0.2) is 11.6 Å². The first-order valence-corrected chi connectivity index (χ1v) is 10.8. The fourth-order valence-electron chi connectivity index (χ4n) is 5.68. The molecule has 3 aliphatic carbocycles. The van der Waals surface area contributed by atoms with E-state index in [0.29, 0.717) is 12.3 Å². The van der Waals surface area contributed by atoms with Crippen LogP contribution in [0.3, 0.4) is 0 Å². The molecular weight excluding hydrogens is 340 g/mol. The zero-order valence-corrected chi connectivity index (χ0v) is 16.5. The molecule has 3 aliphatic rings. The topological polar surface area (TPSA) is 77.8 Å². The van der Waals surface area contributed by atoms with Gasteiger partial charge in [0.2, 0.25) is 0 Å². The van der Waals surface area contributed by atoms with Gasteiger partial charge in [-0.3, -0.25) is 4.79 Å². The third-order valence-corrected chi connectivity index (χ3v) is 7.40. The largest absolute Gasteiger partial charge is 0.481 e. The molecule has 0 radical (unpaired) electrons. The first-order chi connectivity index (χ1) is 13.0. The van der Waals surface area contributed by atoms with E-state index in [1.165, 1.54) is 24.8 Å². The van der Waals surface area contributed by atoms with Crippen LogP contribution in [0.4, 0.5) is 0 Å². The predicted molar refractivity (Wildman–Crippen MR) is 105 cm³/mol. The van der Waals surface area contributed by atoms with Crippen LogP contribution in [-0.2, 0) is 4.79 Å². The second kappa shape index (κ2) is 8.80. The fourth-order valence-corrected chi connectivity index (χ4v) is 5.68. The molecule has 3 fully saturated rings. The molecule has 0 spiro atoms. The molecule has 4 nitrogen and oxygen atoms in total. The first-order valence-electron chi connectivity index (χ1n) is 10.8. The molecule has 27 heavy (non-hydrogen) atoms. The zero-order chi connectivity index (χ0) is 19.4. The highest BCUT2D eigenvalue weighted by atomic mass is 16.4. The van der Waals surface area contributed by atoms with Crippen LogP contribution in [0.25, 0.3) is 0 Å². The Labute approximate surface area is 163 Å². The summed E-state index contributed by atoms with van der Waals surface area (Å²) in [6, 6.07) is 0. The molecule has 0 aromatic carbocycles. The fraction of sp³-hybridized carbons (Fsp3) is 0.783. The van der Waals surface area contributed by atoms with Gasteiger partial charge in [-0.2, -0.15) is 0 Å². The molecule has 0 saturated heterocycles. The molecule has 0 aromatic heterocycles. The molecule has 3 saturated carbocycles. The SMILES string of the molecule is CCC12CCC(O)C(C#CC(O)C3CCCCC3)C1C/C2=C/CCC(=O)O. The minimum absolute atomic E-state index is 0.0754. The molecule has 0 heterocycles. The molecule has 0 aromatic rings. The van der Waals surface area contributed by atoms with E-state index in [1.807, 2.05) is 0 Å². The van der Waals surface area contributed by atoms with Crippen molar-refractivity contribution in [2.75, 3.05) is 0 Å². The van der Waals surface area contributed by atoms with E-state index in [-0.39, 0.29) is 23.7 Å². The van der Waals surface area contributed by atoms with Crippen LogP contribution in [0.2, 0.25) is 0 Å². The van der Waals surface area contributed by atoms with Crippen LogP contribution >= 0.6 is 0 Å². The van der Waals surface area contributed by atoms with Gasteiger partial charge >= 0.3 is 5.97 Å². The second-order valence-electron chi connectivity index (χ2n) is 8.75. The monoisotopic (exact) mass is 374 g/mol. The number of aliphatic carboxylic acids is 1. The molecular formula is C23H34O4. The number of carboxylic acids is 1. The molecule has 0 bridgehead atoms. The lowest BCUT2D eigenvalue weighted by Crippen LogP contribution is -2.53. The lowest BCUT2D eigenvalue weighted by molar-refractivity contribution is -0.136. The summed E-state index contributed by atoms with van der Waals surface area (Å²) < 4.78 is 0. The average Bonchev–Trinajstić information content (AvgIpc) is 2.66. The summed E-state index contributed by atoms with van der Waals surface area (Å²) in [5, 5.41) is 29.9. The van der Waals surface area contributed by atoms with Gasteiger partial charge in [0.05, 0.1) is 12.0 Å². The second-order valence-corrected chi connectivity index (χ2v) is 8.75. The Hall–Kier alpha value is -1.31. The maximum absolute atomic E-state index is 10.8. The van der Waals surface area contributed by atoms with Gasteiger partial charge in [-0.15, -0.1) is 0 Å². The third-order valence-electron chi connectivity index (χ3n) is 7.40. The average molecular weight is 375 g/mol. The molecule has 3 N–H and O–H groups in total. The summed E-state index contributed by atoms with van der Waals surface area (Å²) in [6.45, 7) is 2.19. The number of hydrogen-bond acceptors (Lipinski definition) is 3. The van der Waals surface area contributed by atoms with Gasteiger partial charge in [0.1, 0.15) is 6.10 Å². The van der Waals surface area contributed by atoms with Gasteiger partial charge in [-0.05, 0) is 62.2 Å². The number of allylic oxidation sites excluding steroid dienone is 2. The molecule has 5 unspecified atom stereocenters. The van der Waals surface area contributed by atoms with E-state index in [2.05, 4.69) is 24.8 Å². The number of hydrogen-bond donors (Lipinski definition) is 3. The van der Waals surface area contributed by atoms with E-state index in [9.17, 15) is 15.0 Å². The summed E-state index contributed by atoms with van der Waals surface area (Å²) in [6.07, 6.45) is 11.2. The Kier molecular flexibility index (Phi) is 6.65. The van der Waals surface area contributed by atoms with E-state index in [4.69, 9.17) is 5.11 Å². The van der Waals surface area contributed by atoms with Crippen molar-refractivity contribution in [2.45, 2.75) is 89.8 Å². The minimum atomic E-state index is -0.757. The van der Waals surface area contributed by atoms with Gasteiger partial charge in [-0.25, -0.2) is 0 Å². The van der Waals surface area contributed by atoms with Crippen molar-refractivity contribution < 1.29 is 20.1 Å². The molecule has 150 valence electrons. The Bertz CT molecular complexity index is 622. The van der Waals surface area contributed by atoms with Crippen LogP contribution in [-0.4, -0.2) is 33.5 Å². The quantitative estimate of drug-likeness (QED) is 0.504. The van der Waals surface area contributed by atoms with E-state index >= 15 is 0 Å². The van der Waals surface area contributed by atoms with Crippen LogP contribution in [0.5, 0.6) is 0 Å². The number of aliphatic hydroxyl groups is 2. The molecule has 0 aliphatic heterocycles. The molecule has 0 amide bonds.